The van der Waals surface area contributed by atoms with E-state index >= 15 is 0 Å². The van der Waals surface area contributed by atoms with E-state index in [1.54, 1.807) is 4.90 Å². The van der Waals surface area contributed by atoms with E-state index < -0.39 is 0 Å². The Balaban J connectivity index is 1.58. The molecule has 2 aliphatic heterocycles. The molecule has 1 aromatic rings. The topological polar surface area (TPSA) is 45.1 Å². The minimum Gasteiger partial charge on any atom is -0.387 e. The summed E-state index contributed by atoms with van der Waals surface area (Å²) in [5.74, 6) is -0.00999. The van der Waals surface area contributed by atoms with Crippen molar-refractivity contribution in [3.63, 3.8) is 0 Å². The number of oxime groups is 1. The van der Waals surface area contributed by atoms with Crippen LogP contribution >= 0.6 is 11.3 Å². The largest absolute Gasteiger partial charge is 0.387 e. The first-order valence-corrected chi connectivity index (χ1v) is 9.00. The van der Waals surface area contributed by atoms with E-state index in [1.165, 1.54) is 9.75 Å². The van der Waals surface area contributed by atoms with Gasteiger partial charge in [-0.05, 0) is 32.9 Å². The number of thiophene rings is 1. The fourth-order valence-electron chi connectivity index (χ4n) is 3.15. The van der Waals surface area contributed by atoms with Crippen LogP contribution in [0.25, 0.3) is 0 Å². The summed E-state index contributed by atoms with van der Waals surface area (Å²) in [5, 5.41) is 4.12. The smallest absolute Gasteiger partial charge is 0.271 e. The molecule has 0 aliphatic carbocycles. The number of carbonyl (C=O) groups excluding carboxylic acids is 1. The molecule has 1 amide bonds. The summed E-state index contributed by atoms with van der Waals surface area (Å²) >= 11 is 1.85. The highest BCUT2D eigenvalue weighted by atomic mass is 32.1. The van der Waals surface area contributed by atoms with Gasteiger partial charge >= 0.3 is 0 Å². The van der Waals surface area contributed by atoms with Crippen LogP contribution < -0.4 is 0 Å². The molecular formula is C17H25N3O2S. The van der Waals surface area contributed by atoms with Gasteiger partial charge in [-0.25, -0.2) is 0 Å². The van der Waals surface area contributed by atoms with E-state index in [9.17, 15) is 4.79 Å². The number of carbonyl (C=O) groups is 1. The third-order valence-corrected chi connectivity index (χ3v) is 5.74. The van der Waals surface area contributed by atoms with Crippen molar-refractivity contribution < 1.29 is 9.63 Å². The number of nitrogens with zero attached hydrogens (tertiary/aromatic N) is 3. The first kappa shape index (κ1) is 16.5. The Bertz CT molecular complexity index is 625. The SMILES string of the molecule is Cc1ccc(CN2CC[C@@]3(CC(C(=O)N(C)C(C)C)=NO3)C2)s1. The molecule has 0 N–H and O–H groups in total. The number of hydrogen-bond donors (Lipinski definition) is 0. The Labute approximate surface area is 141 Å². The molecule has 1 atom stereocenters. The van der Waals surface area contributed by atoms with E-state index in [1.807, 2.05) is 32.2 Å². The lowest BCUT2D eigenvalue weighted by molar-refractivity contribution is -0.124. The molecule has 5 nitrogen and oxygen atoms in total. The predicted molar refractivity (Wildman–Crippen MR) is 92.7 cm³/mol. The van der Waals surface area contributed by atoms with Gasteiger partial charge < -0.3 is 9.74 Å². The van der Waals surface area contributed by atoms with Crippen LogP contribution in [-0.4, -0.2) is 53.2 Å². The summed E-state index contributed by atoms with van der Waals surface area (Å²) < 4.78 is 0. The van der Waals surface area contributed by atoms with Gasteiger partial charge in [-0.15, -0.1) is 11.3 Å². The number of hydrogen-bond acceptors (Lipinski definition) is 5. The second-order valence-electron chi connectivity index (χ2n) is 6.97. The van der Waals surface area contributed by atoms with Gasteiger partial charge in [0.15, 0.2) is 5.60 Å². The first-order valence-electron chi connectivity index (χ1n) is 8.18. The standard InChI is InChI=1S/C17H25N3O2S/c1-12(2)19(4)16(21)15-9-17(22-18-15)7-8-20(11-17)10-14-6-5-13(3)23-14/h5-6,12H,7-11H2,1-4H3/t17-/m1/s1. The maximum atomic E-state index is 12.4. The van der Waals surface area contributed by atoms with E-state index in [2.05, 4.69) is 29.1 Å². The van der Waals surface area contributed by atoms with E-state index in [0.717, 1.165) is 26.1 Å². The average molecular weight is 335 g/mol. The lowest BCUT2D eigenvalue weighted by Gasteiger charge is -2.23. The van der Waals surface area contributed by atoms with Gasteiger partial charge in [0.2, 0.25) is 0 Å². The second kappa shape index (κ2) is 6.24. The van der Waals surface area contributed by atoms with Crippen LogP contribution in [0.2, 0.25) is 0 Å². The molecule has 0 bridgehead atoms. The zero-order chi connectivity index (χ0) is 16.6. The summed E-state index contributed by atoms with van der Waals surface area (Å²) in [7, 11) is 1.82. The van der Waals surface area contributed by atoms with Crippen LogP contribution in [0, 0.1) is 6.92 Å². The first-order chi connectivity index (χ1) is 10.9. The van der Waals surface area contributed by atoms with Gasteiger partial charge in [0.25, 0.3) is 5.91 Å². The number of aryl methyl sites for hydroxylation is 1. The molecule has 126 valence electrons. The zero-order valence-electron chi connectivity index (χ0n) is 14.3. The monoisotopic (exact) mass is 335 g/mol. The molecule has 6 heteroatoms. The van der Waals surface area contributed by atoms with E-state index in [-0.39, 0.29) is 17.6 Å². The number of likely N-dealkylation sites (tertiary alicyclic amines) is 1. The molecule has 1 aromatic heterocycles. The second-order valence-corrected chi connectivity index (χ2v) is 8.34. The predicted octanol–water partition coefficient (Wildman–Crippen LogP) is 2.64. The van der Waals surface area contributed by atoms with E-state index in [4.69, 9.17) is 4.84 Å². The molecular weight excluding hydrogens is 310 g/mol. The molecule has 1 spiro atoms. The number of rotatable bonds is 4. The Morgan fingerprint density at radius 2 is 2.30 bits per heavy atom. The molecule has 0 radical (unpaired) electrons. The van der Waals surface area contributed by atoms with Crippen LogP contribution in [0.1, 0.15) is 36.4 Å². The molecule has 1 saturated heterocycles. The van der Waals surface area contributed by atoms with Crippen molar-refractivity contribution in [3.8, 4) is 0 Å². The normalized spacial score (nSPS) is 24.3. The van der Waals surface area contributed by atoms with Gasteiger partial charge in [0.05, 0.1) is 0 Å². The maximum Gasteiger partial charge on any atom is 0.271 e. The highest BCUT2D eigenvalue weighted by Crippen LogP contribution is 2.35. The lowest BCUT2D eigenvalue weighted by atomic mass is 9.96. The third kappa shape index (κ3) is 3.43. The van der Waals surface area contributed by atoms with Crippen LogP contribution in [0.3, 0.4) is 0 Å². The quantitative estimate of drug-likeness (QED) is 0.850. The minimum absolute atomic E-state index is 0.00999. The molecule has 1 fully saturated rings. The summed E-state index contributed by atoms with van der Waals surface area (Å²) in [4.78, 5) is 25.0. The van der Waals surface area contributed by atoms with Gasteiger partial charge in [-0.3, -0.25) is 9.69 Å². The summed E-state index contributed by atoms with van der Waals surface area (Å²) in [6.45, 7) is 8.94. The molecule has 2 aliphatic rings. The van der Waals surface area contributed by atoms with Gasteiger partial charge in [0, 0.05) is 55.3 Å². The Morgan fingerprint density at radius 3 is 2.96 bits per heavy atom. The van der Waals surface area contributed by atoms with Crippen LogP contribution in [0.15, 0.2) is 17.3 Å². The highest BCUT2D eigenvalue weighted by Gasteiger charge is 2.47. The highest BCUT2D eigenvalue weighted by molar-refractivity contribution is 7.11. The van der Waals surface area contributed by atoms with E-state index in [0.29, 0.717) is 12.1 Å². The summed E-state index contributed by atoms with van der Waals surface area (Å²) in [5.41, 5.74) is 0.268. The van der Waals surface area contributed by atoms with Gasteiger partial charge in [-0.2, -0.15) is 0 Å². The molecule has 3 rings (SSSR count). The van der Waals surface area contributed by atoms with Crippen molar-refractivity contribution in [2.45, 2.75) is 51.8 Å². The molecule has 23 heavy (non-hydrogen) atoms. The van der Waals surface area contributed by atoms with Crippen molar-refractivity contribution in [3.05, 3.63) is 21.9 Å². The zero-order valence-corrected chi connectivity index (χ0v) is 15.2. The fraction of sp³-hybridized carbons (Fsp3) is 0.647. The van der Waals surface area contributed by atoms with Gasteiger partial charge in [0.1, 0.15) is 5.71 Å². The van der Waals surface area contributed by atoms with Crippen molar-refractivity contribution >= 4 is 23.0 Å². The molecule has 3 heterocycles. The van der Waals surface area contributed by atoms with Crippen LogP contribution in [-0.2, 0) is 16.2 Å². The molecule has 0 saturated carbocycles. The van der Waals surface area contributed by atoms with Gasteiger partial charge in [-0.1, -0.05) is 5.16 Å². The van der Waals surface area contributed by atoms with Crippen molar-refractivity contribution in [1.29, 1.82) is 0 Å². The van der Waals surface area contributed by atoms with Crippen LogP contribution in [0.5, 0.6) is 0 Å². The van der Waals surface area contributed by atoms with Crippen molar-refractivity contribution in [2.24, 2.45) is 5.16 Å². The number of amides is 1. The minimum atomic E-state index is -0.297. The third-order valence-electron chi connectivity index (χ3n) is 4.75. The average Bonchev–Trinajstić information content (AvgIpc) is 3.21. The summed E-state index contributed by atoms with van der Waals surface area (Å²) in [6.07, 6.45) is 1.56. The van der Waals surface area contributed by atoms with Crippen molar-refractivity contribution in [1.82, 2.24) is 9.80 Å². The lowest BCUT2D eigenvalue weighted by Crippen LogP contribution is -2.40. The van der Waals surface area contributed by atoms with Crippen molar-refractivity contribution in [2.75, 3.05) is 20.1 Å². The molecule has 0 aromatic carbocycles. The van der Waals surface area contributed by atoms with Crippen LogP contribution in [0.4, 0.5) is 0 Å². The Kier molecular flexibility index (Phi) is 4.47. The Morgan fingerprint density at radius 1 is 1.52 bits per heavy atom. The maximum absolute atomic E-state index is 12.4. The fourth-order valence-corrected chi connectivity index (χ4v) is 4.08. The molecule has 0 unspecified atom stereocenters. The summed E-state index contributed by atoms with van der Waals surface area (Å²) in [6, 6.07) is 4.53. The Hall–Kier alpha value is -1.40.